The maximum atomic E-state index is 14.3. The number of ketones is 1. The maximum absolute atomic E-state index is 14.3. The second-order valence-electron chi connectivity index (χ2n) is 6.21. The van der Waals surface area contributed by atoms with Gasteiger partial charge in [0.2, 0.25) is 0 Å². The fraction of sp³-hybridized carbons (Fsp3) is 0.211. The molecule has 1 aliphatic heterocycles. The second-order valence-corrected chi connectivity index (χ2v) is 6.21. The molecule has 0 spiro atoms. The summed E-state index contributed by atoms with van der Waals surface area (Å²) in [5, 5.41) is 10.3. The van der Waals surface area contributed by atoms with Gasteiger partial charge < -0.3 is 5.11 Å². The fourth-order valence-corrected chi connectivity index (χ4v) is 2.91. The van der Waals surface area contributed by atoms with Crippen molar-refractivity contribution in [3.63, 3.8) is 0 Å². The number of pyridine rings is 1. The van der Waals surface area contributed by atoms with E-state index < -0.39 is 41.0 Å². The van der Waals surface area contributed by atoms with Gasteiger partial charge in [0.1, 0.15) is 17.7 Å². The Hall–Kier alpha value is -3.09. The molecule has 1 aliphatic rings. The monoisotopic (exact) mass is 358 g/mol. The molecule has 2 heterocycles. The van der Waals surface area contributed by atoms with Crippen LogP contribution >= 0.6 is 0 Å². The Kier molecular flexibility index (Phi) is 4.54. The Labute approximate surface area is 148 Å². The molecule has 1 atom stereocenters. The van der Waals surface area contributed by atoms with Gasteiger partial charge in [-0.05, 0) is 24.3 Å². The largest absolute Gasteiger partial charge is 0.503 e. The molecule has 1 unspecified atom stereocenters. The van der Waals surface area contributed by atoms with Crippen molar-refractivity contribution >= 4 is 17.4 Å². The van der Waals surface area contributed by atoms with Crippen molar-refractivity contribution < 1.29 is 23.5 Å². The third-order valence-corrected chi connectivity index (χ3v) is 4.14. The van der Waals surface area contributed by atoms with Crippen molar-refractivity contribution in [3.05, 3.63) is 71.3 Å². The first kappa shape index (κ1) is 17.7. The SMILES string of the molecule is CC(C)C(=O)C1=C(O)C(=O)N(c2ccc(F)cc2F)C1c1ccccn1. The van der Waals surface area contributed by atoms with E-state index in [-0.39, 0.29) is 17.0 Å². The first-order valence-electron chi connectivity index (χ1n) is 7.99. The van der Waals surface area contributed by atoms with E-state index in [9.17, 15) is 23.5 Å². The van der Waals surface area contributed by atoms with E-state index in [1.165, 1.54) is 6.20 Å². The van der Waals surface area contributed by atoms with Gasteiger partial charge in [-0.15, -0.1) is 0 Å². The molecule has 7 heteroatoms. The first-order valence-corrected chi connectivity index (χ1v) is 7.99. The van der Waals surface area contributed by atoms with Crippen LogP contribution in [0.25, 0.3) is 0 Å². The minimum atomic E-state index is -1.10. The van der Waals surface area contributed by atoms with Crippen LogP contribution in [0.4, 0.5) is 14.5 Å². The van der Waals surface area contributed by atoms with E-state index in [0.29, 0.717) is 6.07 Å². The number of aliphatic hydroxyl groups excluding tert-OH is 1. The van der Waals surface area contributed by atoms with Crippen molar-refractivity contribution in [1.82, 2.24) is 4.98 Å². The van der Waals surface area contributed by atoms with E-state index in [1.54, 1.807) is 32.0 Å². The second kappa shape index (κ2) is 6.67. The van der Waals surface area contributed by atoms with Gasteiger partial charge in [-0.1, -0.05) is 19.9 Å². The summed E-state index contributed by atoms with van der Waals surface area (Å²) in [6.45, 7) is 3.26. The number of Topliss-reactive ketones (excluding diaryl/α,β-unsaturated/α-hetero) is 1. The lowest BCUT2D eigenvalue weighted by Crippen LogP contribution is -2.32. The third kappa shape index (κ3) is 2.85. The number of aliphatic hydroxyl groups is 1. The fourth-order valence-electron chi connectivity index (χ4n) is 2.91. The molecule has 0 saturated carbocycles. The van der Waals surface area contributed by atoms with E-state index >= 15 is 0 Å². The molecule has 1 aromatic heterocycles. The van der Waals surface area contributed by atoms with Crippen molar-refractivity contribution in [2.75, 3.05) is 4.90 Å². The van der Waals surface area contributed by atoms with Crippen molar-refractivity contribution in [2.45, 2.75) is 19.9 Å². The van der Waals surface area contributed by atoms with Crippen LogP contribution in [0, 0.1) is 17.6 Å². The smallest absolute Gasteiger partial charge is 0.294 e. The van der Waals surface area contributed by atoms with Crippen LogP contribution in [0.3, 0.4) is 0 Å². The van der Waals surface area contributed by atoms with Gasteiger partial charge in [0.05, 0.1) is 17.0 Å². The molecule has 134 valence electrons. The molecular formula is C19H16F2N2O3. The Morgan fingerprint density at radius 3 is 2.54 bits per heavy atom. The van der Waals surface area contributed by atoms with Gasteiger partial charge in [0, 0.05) is 18.2 Å². The summed E-state index contributed by atoms with van der Waals surface area (Å²) in [7, 11) is 0. The number of aromatic nitrogens is 1. The van der Waals surface area contributed by atoms with Gasteiger partial charge in [-0.2, -0.15) is 0 Å². The van der Waals surface area contributed by atoms with Gasteiger partial charge in [0.15, 0.2) is 11.5 Å². The van der Waals surface area contributed by atoms with Crippen LogP contribution in [0.1, 0.15) is 25.6 Å². The van der Waals surface area contributed by atoms with Crippen LogP contribution in [0.15, 0.2) is 53.9 Å². The summed E-state index contributed by atoms with van der Waals surface area (Å²) >= 11 is 0. The average Bonchev–Trinajstić information content (AvgIpc) is 2.87. The summed E-state index contributed by atoms with van der Waals surface area (Å²) < 4.78 is 27.6. The summed E-state index contributed by atoms with van der Waals surface area (Å²) in [5.74, 6) is -4.41. The zero-order chi connectivity index (χ0) is 19.0. The number of hydrogen-bond donors (Lipinski definition) is 1. The number of benzene rings is 1. The highest BCUT2D eigenvalue weighted by Crippen LogP contribution is 2.41. The summed E-state index contributed by atoms with van der Waals surface area (Å²) in [6, 6.07) is 6.50. The number of carbonyl (C=O) groups excluding carboxylic acids is 2. The molecule has 1 aromatic carbocycles. The molecular weight excluding hydrogens is 342 g/mol. The molecule has 5 nitrogen and oxygen atoms in total. The molecule has 2 aromatic rings. The third-order valence-electron chi connectivity index (χ3n) is 4.14. The van der Waals surface area contributed by atoms with Crippen molar-refractivity contribution in [1.29, 1.82) is 0 Å². The number of amides is 1. The summed E-state index contributed by atoms with van der Waals surface area (Å²) in [5.41, 5.74) is -0.102. The lowest BCUT2D eigenvalue weighted by Gasteiger charge is -2.26. The maximum Gasteiger partial charge on any atom is 0.294 e. The minimum absolute atomic E-state index is 0.146. The number of hydrogen-bond acceptors (Lipinski definition) is 4. The minimum Gasteiger partial charge on any atom is -0.503 e. The predicted octanol–water partition coefficient (Wildman–Crippen LogP) is 3.48. The van der Waals surface area contributed by atoms with E-state index in [4.69, 9.17) is 0 Å². The molecule has 1 N–H and O–H groups in total. The normalized spacial score (nSPS) is 17.3. The highest BCUT2D eigenvalue weighted by atomic mass is 19.1. The number of anilines is 1. The molecule has 0 radical (unpaired) electrons. The average molecular weight is 358 g/mol. The van der Waals surface area contributed by atoms with Crippen LogP contribution in [-0.4, -0.2) is 21.8 Å². The zero-order valence-corrected chi connectivity index (χ0v) is 14.1. The first-order chi connectivity index (χ1) is 12.3. The molecule has 3 rings (SSSR count). The molecule has 0 fully saturated rings. The zero-order valence-electron chi connectivity index (χ0n) is 14.1. The predicted molar refractivity (Wildman–Crippen MR) is 90.3 cm³/mol. The number of rotatable bonds is 4. The Balaban J connectivity index is 2.21. The molecule has 26 heavy (non-hydrogen) atoms. The highest BCUT2D eigenvalue weighted by Gasteiger charge is 2.46. The van der Waals surface area contributed by atoms with Crippen LogP contribution < -0.4 is 4.90 Å². The van der Waals surface area contributed by atoms with Crippen molar-refractivity contribution in [2.24, 2.45) is 5.92 Å². The van der Waals surface area contributed by atoms with Gasteiger partial charge in [-0.3, -0.25) is 19.5 Å². The Morgan fingerprint density at radius 1 is 1.23 bits per heavy atom. The number of carbonyl (C=O) groups is 2. The standard InChI is InChI=1S/C19H16F2N2O3/c1-10(2)17(24)15-16(13-5-3-4-8-22-13)23(19(26)18(15)25)14-7-6-11(20)9-12(14)21/h3-10,16,25H,1-2H3. The quantitative estimate of drug-likeness (QED) is 0.908. The molecule has 0 aliphatic carbocycles. The number of halogens is 2. The summed E-state index contributed by atoms with van der Waals surface area (Å²) in [4.78, 5) is 30.4. The lowest BCUT2D eigenvalue weighted by molar-refractivity contribution is -0.119. The Bertz CT molecular complexity index is 910. The van der Waals surface area contributed by atoms with E-state index in [1.807, 2.05) is 0 Å². The number of nitrogens with zero attached hydrogens (tertiary/aromatic N) is 2. The molecule has 0 bridgehead atoms. The van der Waals surface area contributed by atoms with Gasteiger partial charge in [-0.25, -0.2) is 8.78 Å². The van der Waals surface area contributed by atoms with Crippen LogP contribution in [0.5, 0.6) is 0 Å². The Morgan fingerprint density at radius 2 is 1.96 bits per heavy atom. The van der Waals surface area contributed by atoms with Crippen molar-refractivity contribution in [3.8, 4) is 0 Å². The topological polar surface area (TPSA) is 70.5 Å². The van der Waals surface area contributed by atoms with Gasteiger partial charge in [0.25, 0.3) is 5.91 Å². The van der Waals surface area contributed by atoms with E-state index in [2.05, 4.69) is 4.98 Å². The van der Waals surface area contributed by atoms with Gasteiger partial charge >= 0.3 is 0 Å². The van der Waals surface area contributed by atoms with Crippen LogP contribution in [0.2, 0.25) is 0 Å². The lowest BCUT2D eigenvalue weighted by atomic mass is 9.93. The molecule has 0 saturated heterocycles. The van der Waals surface area contributed by atoms with E-state index in [0.717, 1.165) is 17.0 Å². The van der Waals surface area contributed by atoms with Crippen LogP contribution in [-0.2, 0) is 9.59 Å². The molecule has 1 amide bonds. The summed E-state index contributed by atoms with van der Waals surface area (Å²) in [6.07, 6.45) is 1.46. The highest BCUT2D eigenvalue weighted by molar-refractivity contribution is 6.16.